The van der Waals surface area contributed by atoms with Crippen LogP contribution in [0.3, 0.4) is 0 Å². The molecule has 0 atom stereocenters. The van der Waals surface area contributed by atoms with Crippen molar-refractivity contribution < 1.29 is 4.42 Å². The van der Waals surface area contributed by atoms with E-state index in [1.807, 2.05) is 23.5 Å². The van der Waals surface area contributed by atoms with Gasteiger partial charge in [-0.2, -0.15) is 0 Å². The van der Waals surface area contributed by atoms with Gasteiger partial charge in [-0.3, -0.25) is 0 Å². The number of fused-ring (bicyclic) bond motifs is 8. The van der Waals surface area contributed by atoms with Crippen molar-refractivity contribution in [3.63, 3.8) is 0 Å². The van der Waals surface area contributed by atoms with E-state index in [1.165, 1.54) is 52.8 Å². The minimum absolute atomic E-state index is 0.911. The molecule has 0 amide bonds. The molecule has 0 saturated heterocycles. The van der Waals surface area contributed by atoms with Crippen molar-refractivity contribution >= 4 is 92.1 Å². The van der Waals surface area contributed by atoms with Gasteiger partial charge in [-0.15, -0.1) is 11.3 Å². The number of rotatable bonds is 4. The van der Waals surface area contributed by atoms with Gasteiger partial charge in [0.25, 0.3) is 0 Å². The van der Waals surface area contributed by atoms with Crippen LogP contribution in [0.5, 0.6) is 0 Å². The van der Waals surface area contributed by atoms with Gasteiger partial charge in [0.15, 0.2) is 0 Å². The first-order valence-corrected chi connectivity index (χ1v) is 16.7. The molecule has 2 aromatic heterocycles. The average Bonchev–Trinajstić information content (AvgIpc) is 3.70. The summed E-state index contributed by atoms with van der Waals surface area (Å²) in [5.74, 6) is 0. The molecular weight excluding hydrogens is 591 g/mol. The van der Waals surface area contributed by atoms with Gasteiger partial charge in [0.1, 0.15) is 11.2 Å². The lowest BCUT2D eigenvalue weighted by molar-refractivity contribution is 0.669. The third-order valence-corrected chi connectivity index (χ3v) is 10.6. The summed E-state index contributed by atoms with van der Waals surface area (Å²) < 4.78 is 8.77. The van der Waals surface area contributed by atoms with E-state index in [4.69, 9.17) is 4.42 Å². The molecule has 0 aliphatic carbocycles. The van der Waals surface area contributed by atoms with Crippen LogP contribution in [0.1, 0.15) is 0 Å². The highest BCUT2D eigenvalue weighted by Gasteiger charge is 2.20. The van der Waals surface area contributed by atoms with Gasteiger partial charge in [0.05, 0.1) is 11.4 Å². The molecule has 0 spiro atoms. The van der Waals surface area contributed by atoms with E-state index >= 15 is 0 Å². The van der Waals surface area contributed by atoms with Crippen LogP contribution >= 0.6 is 11.3 Å². The van der Waals surface area contributed by atoms with Crippen LogP contribution < -0.4 is 4.90 Å². The monoisotopic (exact) mass is 617 g/mol. The summed E-state index contributed by atoms with van der Waals surface area (Å²) in [5, 5.41) is 9.72. The molecule has 0 radical (unpaired) electrons. The van der Waals surface area contributed by atoms with E-state index < -0.39 is 0 Å². The molecular formula is C44H27NOS. The number of furan rings is 1. The number of anilines is 3. The van der Waals surface area contributed by atoms with Crippen LogP contribution in [0.2, 0.25) is 0 Å². The third-order valence-electron chi connectivity index (χ3n) is 9.46. The minimum atomic E-state index is 0.911. The average molecular weight is 618 g/mol. The molecule has 0 fully saturated rings. The summed E-state index contributed by atoms with van der Waals surface area (Å²) in [6.07, 6.45) is 0. The van der Waals surface area contributed by atoms with Crippen molar-refractivity contribution in [1.29, 1.82) is 0 Å². The number of benzene rings is 8. The molecule has 2 nitrogen and oxygen atoms in total. The van der Waals surface area contributed by atoms with E-state index in [0.29, 0.717) is 0 Å². The molecule has 0 aliphatic rings. The maximum absolute atomic E-state index is 6.16. The van der Waals surface area contributed by atoms with E-state index in [-0.39, 0.29) is 0 Å². The molecule has 0 N–H and O–H groups in total. The van der Waals surface area contributed by atoms with E-state index in [1.54, 1.807) is 0 Å². The molecule has 0 unspecified atom stereocenters. The second-order valence-electron chi connectivity index (χ2n) is 12.1. The highest BCUT2D eigenvalue weighted by Crippen LogP contribution is 2.46. The lowest BCUT2D eigenvalue weighted by Crippen LogP contribution is -2.11. The zero-order chi connectivity index (χ0) is 30.9. The molecule has 0 aliphatic heterocycles. The van der Waals surface area contributed by atoms with Gasteiger partial charge in [0.2, 0.25) is 0 Å². The maximum Gasteiger partial charge on any atom is 0.135 e. The Morgan fingerprint density at radius 1 is 0.404 bits per heavy atom. The zero-order valence-electron chi connectivity index (χ0n) is 25.4. The number of hydrogen-bond donors (Lipinski definition) is 0. The molecule has 8 aromatic carbocycles. The normalized spacial score (nSPS) is 11.8. The van der Waals surface area contributed by atoms with Gasteiger partial charge in [0, 0.05) is 47.4 Å². The van der Waals surface area contributed by atoms with Gasteiger partial charge in [-0.25, -0.2) is 0 Å². The summed E-state index contributed by atoms with van der Waals surface area (Å²) in [6, 6.07) is 59.2. The van der Waals surface area contributed by atoms with Crippen molar-refractivity contribution in [2.45, 2.75) is 0 Å². The number of para-hydroxylation sites is 1. The van der Waals surface area contributed by atoms with Crippen molar-refractivity contribution in [1.82, 2.24) is 0 Å². The van der Waals surface area contributed by atoms with Crippen LogP contribution in [0, 0.1) is 0 Å². The standard InChI is InChI=1S/C44H27NOS/c1-2-12-32-28(10-1)11-9-17-39(32)45(30-21-25-44-38(27-30)36-16-6-8-19-43(36)47-44)40-23-22-31(33-13-3-4-14-34(33)40)29-20-24-42-37(26-29)35-15-5-7-18-41(35)46-42/h1-27H. The van der Waals surface area contributed by atoms with E-state index in [2.05, 4.69) is 157 Å². The maximum atomic E-state index is 6.16. The topological polar surface area (TPSA) is 16.4 Å². The van der Waals surface area contributed by atoms with Gasteiger partial charge >= 0.3 is 0 Å². The Morgan fingerprint density at radius 3 is 2.00 bits per heavy atom. The van der Waals surface area contributed by atoms with Gasteiger partial charge in [-0.1, -0.05) is 109 Å². The highest BCUT2D eigenvalue weighted by molar-refractivity contribution is 7.25. The zero-order valence-corrected chi connectivity index (χ0v) is 26.2. The van der Waals surface area contributed by atoms with Crippen LogP contribution in [-0.2, 0) is 0 Å². The fraction of sp³-hybridized carbons (Fsp3) is 0. The number of thiophene rings is 1. The first-order chi connectivity index (χ1) is 23.3. The largest absolute Gasteiger partial charge is 0.456 e. The lowest BCUT2D eigenvalue weighted by Gasteiger charge is -2.29. The summed E-state index contributed by atoms with van der Waals surface area (Å²) in [6.45, 7) is 0. The van der Waals surface area contributed by atoms with E-state index in [9.17, 15) is 0 Å². The SMILES string of the molecule is c1ccc2c(N(c3ccc4sc5ccccc5c4c3)c3ccc(-c4ccc5oc6ccccc6c5c4)c4ccccc34)cccc2c1. The summed E-state index contributed by atoms with van der Waals surface area (Å²) in [5.41, 5.74) is 7.65. The first kappa shape index (κ1) is 26.3. The Bertz CT molecular complexity index is 2820. The highest BCUT2D eigenvalue weighted by atomic mass is 32.1. The molecule has 10 aromatic rings. The second-order valence-corrected chi connectivity index (χ2v) is 13.2. The van der Waals surface area contributed by atoms with Crippen molar-refractivity contribution in [2.24, 2.45) is 0 Å². The predicted molar refractivity (Wildman–Crippen MR) is 202 cm³/mol. The van der Waals surface area contributed by atoms with Crippen LogP contribution in [0.4, 0.5) is 17.1 Å². The Labute approximate surface area is 275 Å². The molecule has 0 bridgehead atoms. The summed E-state index contributed by atoms with van der Waals surface area (Å²) in [4.78, 5) is 2.45. The molecule has 2 heterocycles. The fourth-order valence-corrected chi connectivity index (χ4v) is 8.37. The van der Waals surface area contributed by atoms with Crippen molar-refractivity contribution in [3.05, 3.63) is 164 Å². The predicted octanol–water partition coefficient (Wildman–Crippen LogP) is 13.4. The van der Waals surface area contributed by atoms with Crippen molar-refractivity contribution in [2.75, 3.05) is 4.90 Å². The van der Waals surface area contributed by atoms with Gasteiger partial charge in [-0.05, 0) is 76.5 Å². The first-order valence-electron chi connectivity index (χ1n) is 15.9. The smallest absolute Gasteiger partial charge is 0.135 e. The molecule has 10 rings (SSSR count). The molecule has 0 saturated carbocycles. The second kappa shape index (κ2) is 10.3. The van der Waals surface area contributed by atoms with Crippen LogP contribution in [-0.4, -0.2) is 0 Å². The Kier molecular flexibility index (Phi) is 5.78. The Morgan fingerprint density at radius 2 is 1.09 bits per heavy atom. The Hall–Kier alpha value is -5.90. The van der Waals surface area contributed by atoms with Gasteiger partial charge < -0.3 is 9.32 Å². The molecule has 47 heavy (non-hydrogen) atoms. The third kappa shape index (κ3) is 4.10. The summed E-state index contributed by atoms with van der Waals surface area (Å²) in [7, 11) is 0. The number of nitrogens with zero attached hydrogens (tertiary/aromatic N) is 1. The van der Waals surface area contributed by atoms with Crippen LogP contribution in [0.25, 0.3) is 74.8 Å². The van der Waals surface area contributed by atoms with Crippen molar-refractivity contribution in [3.8, 4) is 11.1 Å². The lowest BCUT2D eigenvalue weighted by atomic mass is 9.95. The van der Waals surface area contributed by atoms with Crippen LogP contribution in [0.15, 0.2) is 168 Å². The minimum Gasteiger partial charge on any atom is -0.456 e. The Balaban J connectivity index is 1.23. The fourth-order valence-electron chi connectivity index (χ4n) is 7.29. The number of hydrogen-bond acceptors (Lipinski definition) is 3. The quantitative estimate of drug-likeness (QED) is 0.195. The van der Waals surface area contributed by atoms with E-state index in [0.717, 1.165) is 39.0 Å². The molecule has 220 valence electrons. The summed E-state index contributed by atoms with van der Waals surface area (Å²) >= 11 is 1.86. The molecule has 3 heteroatoms.